The second-order valence-electron chi connectivity index (χ2n) is 4.59. The summed E-state index contributed by atoms with van der Waals surface area (Å²) in [5, 5.41) is 6.66. The number of anilines is 1. The first-order valence-electron chi connectivity index (χ1n) is 5.60. The van der Waals surface area contributed by atoms with E-state index < -0.39 is 5.67 Å². The molecule has 2 aromatic rings. The highest BCUT2D eigenvalue weighted by molar-refractivity contribution is 5.70. The van der Waals surface area contributed by atoms with E-state index in [9.17, 15) is 4.39 Å². The van der Waals surface area contributed by atoms with Gasteiger partial charge in [0.15, 0.2) is 0 Å². The summed E-state index contributed by atoms with van der Waals surface area (Å²) in [6, 6.07) is 6.88. The zero-order valence-electron chi connectivity index (χ0n) is 10.6. The lowest BCUT2D eigenvalue weighted by Crippen LogP contribution is -2.09. The zero-order valence-corrected chi connectivity index (χ0v) is 10.6. The summed E-state index contributed by atoms with van der Waals surface area (Å²) in [5.74, 6) is 1.03. The van der Waals surface area contributed by atoms with Gasteiger partial charge >= 0.3 is 0 Å². The molecule has 0 aliphatic rings. The summed E-state index contributed by atoms with van der Waals surface area (Å²) >= 11 is 0. The molecule has 0 atom stereocenters. The average molecular weight is 249 g/mol. The van der Waals surface area contributed by atoms with Crippen LogP contribution < -0.4 is 10.5 Å². The molecule has 3 N–H and O–H groups in total. The maximum absolute atomic E-state index is 14.0. The minimum atomic E-state index is -1.41. The Bertz CT molecular complexity index is 558. The number of nitrogen functional groups attached to an aromatic ring is 1. The van der Waals surface area contributed by atoms with E-state index in [4.69, 9.17) is 10.5 Å². The summed E-state index contributed by atoms with van der Waals surface area (Å²) in [5.41, 5.74) is 6.18. The first-order valence-corrected chi connectivity index (χ1v) is 5.60. The molecule has 0 spiro atoms. The normalized spacial score (nSPS) is 11.6. The summed E-state index contributed by atoms with van der Waals surface area (Å²) in [6.07, 6.45) is 0. The predicted molar refractivity (Wildman–Crippen MR) is 69.1 cm³/mol. The van der Waals surface area contributed by atoms with Gasteiger partial charge in [-0.3, -0.25) is 5.10 Å². The largest absolute Gasteiger partial charge is 0.496 e. The van der Waals surface area contributed by atoms with Gasteiger partial charge in [-0.05, 0) is 31.5 Å². The second-order valence-corrected chi connectivity index (χ2v) is 4.59. The molecule has 0 aliphatic heterocycles. The molecule has 0 bridgehead atoms. The van der Waals surface area contributed by atoms with Gasteiger partial charge in [0.05, 0.1) is 12.8 Å². The number of benzene rings is 1. The number of methoxy groups -OCH3 is 1. The number of ether oxygens (including phenoxy) is 1. The highest BCUT2D eigenvalue weighted by Gasteiger charge is 2.21. The Labute approximate surface area is 105 Å². The van der Waals surface area contributed by atoms with Gasteiger partial charge in [0.2, 0.25) is 0 Å². The van der Waals surface area contributed by atoms with Crippen LogP contribution >= 0.6 is 0 Å². The number of rotatable bonds is 3. The average Bonchev–Trinajstić information content (AvgIpc) is 2.73. The third kappa shape index (κ3) is 2.30. The molecule has 0 saturated heterocycles. The SMILES string of the molecule is COc1ccc(C(C)(C)F)cc1-c1cc(N)n[nH]1. The van der Waals surface area contributed by atoms with Crippen molar-refractivity contribution in [3.63, 3.8) is 0 Å². The van der Waals surface area contributed by atoms with Crippen molar-refractivity contribution in [2.45, 2.75) is 19.5 Å². The quantitative estimate of drug-likeness (QED) is 0.879. The van der Waals surface area contributed by atoms with Crippen molar-refractivity contribution in [2.24, 2.45) is 0 Å². The molecule has 0 unspecified atom stereocenters. The fourth-order valence-corrected chi connectivity index (χ4v) is 1.76. The minimum absolute atomic E-state index is 0.386. The minimum Gasteiger partial charge on any atom is -0.496 e. The molecule has 1 aromatic carbocycles. The highest BCUT2D eigenvalue weighted by Crippen LogP contribution is 2.34. The van der Waals surface area contributed by atoms with Crippen LogP contribution in [0.5, 0.6) is 5.75 Å². The van der Waals surface area contributed by atoms with Crippen LogP contribution in [0.25, 0.3) is 11.3 Å². The van der Waals surface area contributed by atoms with Crippen LogP contribution in [-0.2, 0) is 5.67 Å². The maximum atomic E-state index is 14.0. The molecule has 0 saturated carbocycles. The maximum Gasteiger partial charge on any atom is 0.145 e. The van der Waals surface area contributed by atoms with Gasteiger partial charge in [-0.1, -0.05) is 6.07 Å². The molecule has 5 heteroatoms. The first-order chi connectivity index (χ1) is 8.41. The van der Waals surface area contributed by atoms with Crippen molar-refractivity contribution in [2.75, 3.05) is 12.8 Å². The summed E-state index contributed by atoms with van der Waals surface area (Å²) in [6.45, 7) is 3.03. The van der Waals surface area contributed by atoms with Crippen molar-refractivity contribution < 1.29 is 9.13 Å². The van der Waals surface area contributed by atoms with Gasteiger partial charge in [-0.25, -0.2) is 4.39 Å². The molecule has 0 radical (unpaired) electrons. The van der Waals surface area contributed by atoms with E-state index in [0.29, 0.717) is 22.8 Å². The number of nitrogens with zero attached hydrogens (tertiary/aromatic N) is 1. The molecule has 0 aliphatic carbocycles. The smallest absolute Gasteiger partial charge is 0.145 e. The molecule has 18 heavy (non-hydrogen) atoms. The molecule has 0 fully saturated rings. The van der Waals surface area contributed by atoms with E-state index >= 15 is 0 Å². The number of nitrogens with two attached hydrogens (primary N) is 1. The van der Waals surface area contributed by atoms with Crippen LogP contribution in [0.15, 0.2) is 24.3 Å². The Morgan fingerprint density at radius 3 is 2.56 bits per heavy atom. The molecule has 0 amide bonds. The van der Waals surface area contributed by atoms with E-state index in [1.807, 2.05) is 0 Å². The van der Waals surface area contributed by atoms with E-state index in [-0.39, 0.29) is 0 Å². The Balaban J connectivity index is 2.56. The van der Waals surface area contributed by atoms with Gasteiger partial charge in [-0.2, -0.15) is 5.10 Å². The summed E-state index contributed by atoms with van der Waals surface area (Å²) in [7, 11) is 1.57. The third-order valence-corrected chi connectivity index (χ3v) is 2.77. The Morgan fingerprint density at radius 2 is 2.06 bits per heavy atom. The first kappa shape index (κ1) is 12.4. The second kappa shape index (κ2) is 4.33. The summed E-state index contributed by atoms with van der Waals surface area (Å²) < 4.78 is 19.2. The van der Waals surface area contributed by atoms with Crippen LogP contribution in [0, 0.1) is 0 Å². The zero-order chi connectivity index (χ0) is 13.3. The fraction of sp³-hybridized carbons (Fsp3) is 0.308. The Morgan fingerprint density at radius 1 is 1.33 bits per heavy atom. The van der Waals surface area contributed by atoms with Crippen molar-refractivity contribution in [3.05, 3.63) is 29.8 Å². The van der Waals surface area contributed by atoms with Gasteiger partial charge in [-0.15, -0.1) is 0 Å². The molecule has 4 nitrogen and oxygen atoms in total. The van der Waals surface area contributed by atoms with Gasteiger partial charge in [0.1, 0.15) is 17.2 Å². The van der Waals surface area contributed by atoms with E-state index in [1.165, 1.54) is 13.8 Å². The standard InChI is InChI=1S/C13H16FN3O/c1-13(2,14)8-4-5-11(18-3)9(6-8)10-7-12(15)17-16-10/h4-7H,1-3H3,(H3,15,16,17). The van der Waals surface area contributed by atoms with Gasteiger partial charge in [0, 0.05) is 11.6 Å². The van der Waals surface area contributed by atoms with Crippen LogP contribution in [0.3, 0.4) is 0 Å². The van der Waals surface area contributed by atoms with E-state index in [0.717, 1.165) is 5.56 Å². The van der Waals surface area contributed by atoms with Gasteiger partial charge < -0.3 is 10.5 Å². The monoisotopic (exact) mass is 249 g/mol. The molecular weight excluding hydrogens is 233 g/mol. The highest BCUT2D eigenvalue weighted by atomic mass is 19.1. The number of hydrogen-bond donors (Lipinski definition) is 2. The fourth-order valence-electron chi connectivity index (χ4n) is 1.76. The third-order valence-electron chi connectivity index (χ3n) is 2.77. The summed E-state index contributed by atoms with van der Waals surface area (Å²) in [4.78, 5) is 0. The van der Waals surface area contributed by atoms with Crippen molar-refractivity contribution in [1.29, 1.82) is 0 Å². The molecule has 2 rings (SSSR count). The number of nitrogens with one attached hydrogen (secondary N) is 1. The van der Waals surface area contributed by atoms with Crippen LogP contribution in [-0.4, -0.2) is 17.3 Å². The van der Waals surface area contributed by atoms with Crippen LogP contribution in [0.4, 0.5) is 10.2 Å². The van der Waals surface area contributed by atoms with Crippen molar-refractivity contribution in [3.8, 4) is 17.0 Å². The lowest BCUT2D eigenvalue weighted by atomic mass is 9.96. The Hall–Kier alpha value is -2.04. The lowest BCUT2D eigenvalue weighted by Gasteiger charge is -2.17. The number of H-pyrrole nitrogens is 1. The van der Waals surface area contributed by atoms with E-state index in [1.54, 1.807) is 31.4 Å². The van der Waals surface area contributed by atoms with Crippen LogP contribution in [0.1, 0.15) is 19.4 Å². The Kier molecular flexibility index (Phi) is 2.98. The van der Waals surface area contributed by atoms with Crippen molar-refractivity contribution in [1.82, 2.24) is 10.2 Å². The molecule has 1 aromatic heterocycles. The van der Waals surface area contributed by atoms with E-state index in [2.05, 4.69) is 10.2 Å². The number of aromatic nitrogens is 2. The molecule has 1 heterocycles. The predicted octanol–water partition coefficient (Wildman–Crippen LogP) is 2.87. The van der Waals surface area contributed by atoms with Crippen LogP contribution in [0.2, 0.25) is 0 Å². The number of halogens is 1. The molecule has 96 valence electrons. The van der Waals surface area contributed by atoms with Gasteiger partial charge in [0.25, 0.3) is 0 Å². The topological polar surface area (TPSA) is 63.9 Å². The lowest BCUT2D eigenvalue weighted by molar-refractivity contribution is 0.221. The number of aromatic amines is 1. The number of hydrogen-bond acceptors (Lipinski definition) is 3. The molecular formula is C13H16FN3O. The number of alkyl halides is 1. The van der Waals surface area contributed by atoms with Crippen molar-refractivity contribution >= 4 is 5.82 Å².